The van der Waals surface area contributed by atoms with Crippen molar-refractivity contribution in [2.45, 2.75) is 33.2 Å². The molecule has 0 fully saturated rings. The Hall–Kier alpha value is -4.39. The lowest BCUT2D eigenvalue weighted by atomic mass is 10.2. The minimum absolute atomic E-state index is 0.747. The van der Waals surface area contributed by atoms with E-state index in [0.717, 1.165) is 76.5 Å². The van der Waals surface area contributed by atoms with Crippen LogP contribution in [-0.4, -0.2) is 57.9 Å². The van der Waals surface area contributed by atoms with Crippen LogP contribution in [0.5, 0.6) is 0 Å². The second-order valence-electron chi connectivity index (χ2n) is 8.81. The van der Waals surface area contributed by atoms with Gasteiger partial charge < -0.3 is 14.9 Å². The smallest absolute Gasteiger partial charge is 0.151 e. The molecule has 5 rings (SSSR count). The number of carbonyl (C=O) groups excluding carboxylic acids is 2. The summed E-state index contributed by atoms with van der Waals surface area (Å²) in [6, 6.07) is 18.7. The average Bonchev–Trinajstić information content (AvgIpc) is 3.60. The quantitative estimate of drug-likeness (QED) is 0.226. The third-order valence-corrected chi connectivity index (χ3v) is 7.03. The predicted molar refractivity (Wildman–Crippen MR) is 164 cm³/mol. The number of anilines is 2. The monoisotopic (exact) mass is 554 g/mol. The summed E-state index contributed by atoms with van der Waals surface area (Å²) in [5.74, 6) is 7.49. The molecule has 3 aromatic heterocycles. The molecule has 0 saturated carbocycles. The van der Waals surface area contributed by atoms with Gasteiger partial charge in [0, 0.05) is 11.1 Å². The van der Waals surface area contributed by atoms with Gasteiger partial charge in [-0.3, -0.25) is 9.58 Å². The van der Waals surface area contributed by atoms with Crippen LogP contribution in [0.25, 0.3) is 21.1 Å². The first-order valence-electron chi connectivity index (χ1n) is 13.0. The van der Waals surface area contributed by atoms with Crippen LogP contribution in [0.2, 0.25) is 0 Å². The van der Waals surface area contributed by atoms with Gasteiger partial charge in [-0.15, -0.1) is 11.3 Å². The van der Waals surface area contributed by atoms with E-state index in [-0.39, 0.29) is 0 Å². The van der Waals surface area contributed by atoms with Gasteiger partial charge in [0.1, 0.15) is 19.9 Å². The SMILES string of the molecule is C=O.C=O.CCCN(CC#Cc1cc2ncnc(Nc3ccc4c(cnn4Cc4ccccc4)c3)c2s1)CCC. The highest BCUT2D eigenvalue weighted by atomic mass is 32.1. The number of hydrogen-bond donors (Lipinski definition) is 1. The molecular weight excluding hydrogens is 520 g/mol. The zero-order valence-electron chi connectivity index (χ0n) is 23.0. The molecule has 0 aliphatic heterocycles. The number of aromatic nitrogens is 4. The molecule has 1 N–H and O–H groups in total. The van der Waals surface area contributed by atoms with E-state index in [9.17, 15) is 0 Å². The first-order valence-corrected chi connectivity index (χ1v) is 13.8. The van der Waals surface area contributed by atoms with Crippen molar-refractivity contribution in [1.29, 1.82) is 0 Å². The van der Waals surface area contributed by atoms with Crippen molar-refractivity contribution in [2.24, 2.45) is 0 Å². The Morgan fingerprint density at radius 1 is 0.975 bits per heavy atom. The number of benzene rings is 2. The number of thiophene rings is 1. The topological polar surface area (TPSA) is 93.0 Å². The van der Waals surface area contributed by atoms with Gasteiger partial charge >= 0.3 is 0 Å². The van der Waals surface area contributed by atoms with Gasteiger partial charge in [0.25, 0.3) is 0 Å². The Morgan fingerprint density at radius 2 is 1.73 bits per heavy atom. The molecule has 0 bridgehead atoms. The van der Waals surface area contributed by atoms with Crippen molar-refractivity contribution in [3.8, 4) is 11.8 Å². The fourth-order valence-electron chi connectivity index (χ4n) is 4.33. The number of hydrogen-bond acceptors (Lipinski definition) is 8. The van der Waals surface area contributed by atoms with Crippen molar-refractivity contribution < 1.29 is 9.59 Å². The normalized spacial score (nSPS) is 10.3. The van der Waals surface area contributed by atoms with Crippen LogP contribution in [0, 0.1) is 11.8 Å². The van der Waals surface area contributed by atoms with E-state index in [1.165, 1.54) is 5.56 Å². The molecule has 0 saturated heterocycles. The van der Waals surface area contributed by atoms with E-state index in [1.807, 2.05) is 30.5 Å². The predicted octanol–water partition coefficient (Wildman–Crippen LogP) is 5.94. The lowest BCUT2D eigenvalue weighted by Crippen LogP contribution is -2.25. The molecule has 0 spiro atoms. The second-order valence-corrected chi connectivity index (χ2v) is 9.86. The number of nitrogens with one attached hydrogen (secondary N) is 1. The first-order chi connectivity index (χ1) is 19.7. The van der Waals surface area contributed by atoms with E-state index in [1.54, 1.807) is 17.7 Å². The molecule has 0 amide bonds. The van der Waals surface area contributed by atoms with Crippen LogP contribution in [0.1, 0.15) is 37.1 Å². The molecule has 2 aromatic carbocycles. The molecule has 8 nitrogen and oxygen atoms in total. The van der Waals surface area contributed by atoms with E-state index in [0.29, 0.717) is 0 Å². The Balaban J connectivity index is 0.00000106. The summed E-state index contributed by atoms with van der Waals surface area (Å²) in [7, 11) is 0. The highest BCUT2D eigenvalue weighted by Gasteiger charge is 2.10. The number of rotatable bonds is 9. The zero-order valence-corrected chi connectivity index (χ0v) is 23.8. The van der Waals surface area contributed by atoms with Gasteiger partial charge in [0.05, 0.1) is 39.9 Å². The average molecular weight is 555 g/mol. The number of nitrogens with zero attached hydrogens (tertiary/aromatic N) is 5. The fraction of sp³-hybridized carbons (Fsp3) is 0.258. The molecular formula is C31H34N6O2S. The van der Waals surface area contributed by atoms with Crippen molar-refractivity contribution in [3.05, 3.63) is 77.6 Å². The van der Waals surface area contributed by atoms with Crippen LogP contribution in [0.15, 0.2) is 67.1 Å². The summed E-state index contributed by atoms with van der Waals surface area (Å²) in [6.45, 7) is 12.1. The second kappa shape index (κ2) is 15.9. The fourth-order valence-corrected chi connectivity index (χ4v) is 5.26. The van der Waals surface area contributed by atoms with E-state index < -0.39 is 0 Å². The third kappa shape index (κ3) is 7.82. The van der Waals surface area contributed by atoms with Gasteiger partial charge in [-0.1, -0.05) is 56.0 Å². The lowest BCUT2D eigenvalue weighted by Gasteiger charge is -2.17. The first kappa shape index (κ1) is 30.2. The third-order valence-electron chi connectivity index (χ3n) is 5.98. The van der Waals surface area contributed by atoms with Gasteiger partial charge in [-0.05, 0) is 55.8 Å². The summed E-state index contributed by atoms with van der Waals surface area (Å²) in [4.78, 5) is 28.4. The maximum Gasteiger partial charge on any atom is 0.151 e. The standard InChI is InChI=1S/C29H30N6S.2CH2O/c1-3-14-34(15-4-2)16-8-11-25-18-26-28(36-25)29(31-21-30-26)33-24-12-13-27-23(17-24)19-32-35(27)20-22-9-6-5-7-10-22;2*1-2/h5-7,9-10,12-13,17-19,21H,3-4,14-16,20H2,1-2H3,(H,30,31,33);2*1H2. The van der Waals surface area contributed by atoms with Crippen molar-refractivity contribution in [2.75, 3.05) is 25.0 Å². The summed E-state index contributed by atoms with van der Waals surface area (Å²) in [6.07, 6.45) is 5.82. The Kier molecular flexibility index (Phi) is 12.0. The minimum Gasteiger partial charge on any atom is -0.339 e. The Morgan fingerprint density at radius 3 is 2.45 bits per heavy atom. The largest absolute Gasteiger partial charge is 0.339 e. The van der Waals surface area contributed by atoms with Crippen LogP contribution >= 0.6 is 11.3 Å². The zero-order chi connectivity index (χ0) is 28.7. The summed E-state index contributed by atoms with van der Waals surface area (Å²) >= 11 is 1.63. The number of carbonyl (C=O) groups is 2. The highest BCUT2D eigenvalue weighted by Crippen LogP contribution is 2.31. The molecule has 0 aliphatic carbocycles. The summed E-state index contributed by atoms with van der Waals surface area (Å²) in [5, 5.41) is 9.17. The van der Waals surface area contributed by atoms with Crippen molar-refractivity contribution in [3.63, 3.8) is 0 Å². The van der Waals surface area contributed by atoms with Gasteiger partial charge in [-0.25, -0.2) is 9.97 Å². The maximum absolute atomic E-state index is 8.00. The Bertz CT molecular complexity index is 1550. The van der Waals surface area contributed by atoms with Crippen LogP contribution in [-0.2, 0) is 16.1 Å². The molecule has 0 atom stereocenters. The van der Waals surface area contributed by atoms with E-state index in [4.69, 9.17) is 9.59 Å². The molecule has 40 heavy (non-hydrogen) atoms. The van der Waals surface area contributed by atoms with Gasteiger partial charge in [0.2, 0.25) is 0 Å². The number of fused-ring (bicyclic) bond motifs is 2. The highest BCUT2D eigenvalue weighted by molar-refractivity contribution is 7.20. The molecule has 3 heterocycles. The molecule has 0 aliphatic rings. The molecule has 0 unspecified atom stereocenters. The van der Waals surface area contributed by atoms with Gasteiger partial charge in [-0.2, -0.15) is 5.10 Å². The maximum atomic E-state index is 8.00. The van der Waals surface area contributed by atoms with Gasteiger partial charge in [0.15, 0.2) is 5.82 Å². The molecule has 9 heteroatoms. The molecule has 0 radical (unpaired) electrons. The van der Waals surface area contributed by atoms with E-state index in [2.05, 4.69) is 99.5 Å². The van der Waals surface area contributed by atoms with Crippen LogP contribution in [0.3, 0.4) is 0 Å². The van der Waals surface area contributed by atoms with Crippen LogP contribution < -0.4 is 5.32 Å². The van der Waals surface area contributed by atoms with Crippen LogP contribution in [0.4, 0.5) is 11.5 Å². The Labute approximate surface area is 239 Å². The molecule has 5 aromatic rings. The lowest BCUT2D eigenvalue weighted by molar-refractivity contribution is -0.0987. The van der Waals surface area contributed by atoms with E-state index >= 15 is 0 Å². The summed E-state index contributed by atoms with van der Waals surface area (Å²) < 4.78 is 3.05. The molecule has 206 valence electrons. The van der Waals surface area contributed by atoms with Crippen molar-refractivity contribution >= 4 is 57.5 Å². The minimum atomic E-state index is 0.747. The summed E-state index contributed by atoms with van der Waals surface area (Å²) in [5.41, 5.74) is 4.22. The van der Waals surface area contributed by atoms with Crippen molar-refractivity contribution in [1.82, 2.24) is 24.6 Å².